The van der Waals surface area contributed by atoms with E-state index in [2.05, 4.69) is 35.4 Å². The first kappa shape index (κ1) is 17.5. The molecule has 0 unspecified atom stereocenters. The van der Waals surface area contributed by atoms with Gasteiger partial charge in [0.15, 0.2) is 5.82 Å². The van der Waals surface area contributed by atoms with Crippen molar-refractivity contribution in [3.63, 3.8) is 0 Å². The molecule has 0 aliphatic carbocycles. The Balaban J connectivity index is 2.74. The highest BCUT2D eigenvalue weighted by molar-refractivity contribution is 8.00. The maximum Gasteiger partial charge on any atom is 0.158 e. The van der Waals surface area contributed by atoms with E-state index in [-0.39, 0.29) is 4.75 Å². The molecule has 1 aromatic rings. The minimum absolute atomic E-state index is 0.234. The Morgan fingerprint density at radius 3 is 2.55 bits per heavy atom. The van der Waals surface area contributed by atoms with E-state index >= 15 is 0 Å². The van der Waals surface area contributed by atoms with E-state index in [1.807, 2.05) is 18.7 Å². The zero-order valence-electron chi connectivity index (χ0n) is 12.7. The Bertz CT molecular complexity index is 405. The van der Waals surface area contributed by atoms with Gasteiger partial charge in [-0.3, -0.25) is 0 Å². The molecule has 1 heterocycles. The number of hydrogen-bond acceptors (Lipinski definition) is 5. The summed E-state index contributed by atoms with van der Waals surface area (Å²) >= 11 is 7.92. The zero-order valence-corrected chi connectivity index (χ0v) is 14.3. The van der Waals surface area contributed by atoms with Gasteiger partial charge in [-0.2, -0.15) is 11.8 Å². The molecule has 1 rings (SSSR count). The molecule has 0 spiro atoms. The predicted octanol–water partition coefficient (Wildman–Crippen LogP) is 4.00. The van der Waals surface area contributed by atoms with Crippen LogP contribution >= 0.6 is 23.4 Å². The fourth-order valence-electron chi connectivity index (χ4n) is 1.93. The molecule has 0 fully saturated rings. The molecule has 0 radical (unpaired) electrons. The van der Waals surface area contributed by atoms with Gasteiger partial charge in [0.1, 0.15) is 17.6 Å². The van der Waals surface area contributed by atoms with Gasteiger partial charge < -0.3 is 10.1 Å². The average Bonchev–Trinajstić information content (AvgIpc) is 2.47. The molecular formula is C14H24ClN3OS. The molecule has 20 heavy (non-hydrogen) atoms. The van der Waals surface area contributed by atoms with Crippen LogP contribution in [0.3, 0.4) is 0 Å². The first-order valence-electron chi connectivity index (χ1n) is 6.99. The van der Waals surface area contributed by atoms with Crippen molar-refractivity contribution in [1.82, 2.24) is 9.97 Å². The molecule has 0 amide bonds. The number of aromatic nitrogens is 2. The molecule has 0 saturated heterocycles. The minimum Gasteiger partial charge on any atom is -0.374 e. The van der Waals surface area contributed by atoms with Crippen LogP contribution in [-0.2, 0) is 11.3 Å². The van der Waals surface area contributed by atoms with Crippen LogP contribution < -0.4 is 5.32 Å². The van der Waals surface area contributed by atoms with Crippen LogP contribution in [0.1, 0.15) is 39.4 Å². The molecule has 0 aliphatic rings. The first-order valence-corrected chi connectivity index (χ1v) is 8.59. The normalized spacial score (nSPS) is 11.7. The first-order chi connectivity index (χ1) is 9.59. The molecule has 114 valence electrons. The fourth-order valence-corrected chi connectivity index (χ4v) is 2.92. The quantitative estimate of drug-likeness (QED) is 0.697. The standard InChI is InChI=1S/C14H24ClN3OS/c1-5-14(6-2,20-4)10-16-12-8-11(15)17-13(18-12)9-19-7-3/h8H,5-7,9-10H2,1-4H3,(H,16,17,18). The SMILES string of the molecule is CCOCc1nc(Cl)cc(NCC(CC)(CC)SC)n1. The summed E-state index contributed by atoms with van der Waals surface area (Å²) in [7, 11) is 0. The summed E-state index contributed by atoms with van der Waals surface area (Å²) in [5.74, 6) is 1.38. The highest BCUT2D eigenvalue weighted by Crippen LogP contribution is 2.30. The summed E-state index contributed by atoms with van der Waals surface area (Å²) in [6.45, 7) is 8.27. The van der Waals surface area contributed by atoms with Gasteiger partial charge >= 0.3 is 0 Å². The Morgan fingerprint density at radius 2 is 2.00 bits per heavy atom. The number of nitrogens with one attached hydrogen (secondary N) is 1. The van der Waals surface area contributed by atoms with E-state index in [4.69, 9.17) is 16.3 Å². The predicted molar refractivity (Wildman–Crippen MR) is 87.7 cm³/mol. The summed E-state index contributed by atoms with van der Waals surface area (Å²) in [5.41, 5.74) is 0. The monoisotopic (exact) mass is 317 g/mol. The second-order valence-electron chi connectivity index (χ2n) is 4.58. The lowest BCUT2D eigenvalue weighted by Crippen LogP contribution is -2.32. The van der Waals surface area contributed by atoms with Crippen molar-refractivity contribution in [2.75, 3.05) is 24.7 Å². The largest absolute Gasteiger partial charge is 0.374 e. The molecule has 0 saturated carbocycles. The summed E-state index contributed by atoms with van der Waals surface area (Å²) in [6.07, 6.45) is 4.38. The maximum absolute atomic E-state index is 6.03. The number of halogens is 1. The number of nitrogens with zero attached hydrogens (tertiary/aromatic N) is 2. The second kappa shape index (κ2) is 8.70. The van der Waals surface area contributed by atoms with Crippen molar-refractivity contribution in [3.05, 3.63) is 17.0 Å². The van der Waals surface area contributed by atoms with E-state index in [9.17, 15) is 0 Å². The maximum atomic E-state index is 6.03. The van der Waals surface area contributed by atoms with Gasteiger partial charge in [0.2, 0.25) is 0 Å². The third-order valence-corrected chi connectivity index (χ3v) is 5.27. The summed E-state index contributed by atoms with van der Waals surface area (Å²) < 4.78 is 5.56. The number of hydrogen-bond donors (Lipinski definition) is 1. The van der Waals surface area contributed by atoms with Crippen LogP contribution in [0.25, 0.3) is 0 Å². The molecule has 6 heteroatoms. The molecule has 1 N–H and O–H groups in total. The van der Waals surface area contributed by atoms with Gasteiger partial charge in [0, 0.05) is 24.0 Å². The van der Waals surface area contributed by atoms with Gasteiger partial charge in [-0.25, -0.2) is 9.97 Å². The summed E-state index contributed by atoms with van der Waals surface area (Å²) in [5, 5.41) is 3.83. The molecule has 1 aromatic heterocycles. The van der Waals surface area contributed by atoms with Crippen molar-refractivity contribution in [1.29, 1.82) is 0 Å². The number of thioether (sulfide) groups is 1. The van der Waals surface area contributed by atoms with Crippen LogP contribution in [0, 0.1) is 0 Å². The topological polar surface area (TPSA) is 47.0 Å². The number of ether oxygens (including phenoxy) is 1. The average molecular weight is 318 g/mol. The number of anilines is 1. The van der Waals surface area contributed by atoms with E-state index in [0.29, 0.717) is 24.2 Å². The third-order valence-electron chi connectivity index (χ3n) is 3.49. The lowest BCUT2D eigenvalue weighted by Gasteiger charge is -2.30. The Hall–Kier alpha value is -0.520. The smallest absolute Gasteiger partial charge is 0.158 e. The molecule has 0 bridgehead atoms. The third kappa shape index (κ3) is 5.11. The number of rotatable bonds is 9. The highest BCUT2D eigenvalue weighted by Gasteiger charge is 2.24. The van der Waals surface area contributed by atoms with Gasteiger partial charge in [-0.15, -0.1) is 0 Å². The van der Waals surface area contributed by atoms with E-state index < -0.39 is 0 Å². The van der Waals surface area contributed by atoms with Crippen molar-refractivity contribution in [3.8, 4) is 0 Å². The Morgan fingerprint density at radius 1 is 1.30 bits per heavy atom. The minimum atomic E-state index is 0.234. The molecular weight excluding hydrogens is 294 g/mol. The van der Waals surface area contributed by atoms with Gasteiger partial charge in [-0.1, -0.05) is 25.4 Å². The van der Waals surface area contributed by atoms with Crippen LogP contribution in [0.5, 0.6) is 0 Å². The van der Waals surface area contributed by atoms with E-state index in [0.717, 1.165) is 25.2 Å². The molecule has 0 atom stereocenters. The molecule has 0 aliphatic heterocycles. The van der Waals surface area contributed by atoms with Crippen LogP contribution in [0.4, 0.5) is 5.82 Å². The van der Waals surface area contributed by atoms with Gasteiger partial charge in [0.25, 0.3) is 0 Å². The second-order valence-corrected chi connectivity index (χ2v) is 6.24. The van der Waals surface area contributed by atoms with Crippen molar-refractivity contribution in [2.24, 2.45) is 0 Å². The fraction of sp³-hybridized carbons (Fsp3) is 0.714. The van der Waals surface area contributed by atoms with Crippen molar-refractivity contribution in [2.45, 2.75) is 45.0 Å². The Kier molecular flexibility index (Phi) is 7.62. The zero-order chi connectivity index (χ0) is 15.0. The van der Waals surface area contributed by atoms with Gasteiger partial charge in [-0.05, 0) is 26.0 Å². The van der Waals surface area contributed by atoms with E-state index in [1.165, 1.54) is 0 Å². The van der Waals surface area contributed by atoms with E-state index in [1.54, 1.807) is 6.07 Å². The Labute approximate surface area is 131 Å². The van der Waals surface area contributed by atoms with Crippen molar-refractivity contribution < 1.29 is 4.74 Å². The van der Waals surface area contributed by atoms with Gasteiger partial charge in [0.05, 0.1) is 0 Å². The lowest BCUT2D eigenvalue weighted by molar-refractivity contribution is 0.128. The van der Waals surface area contributed by atoms with Crippen LogP contribution in [0.15, 0.2) is 6.07 Å². The molecule has 4 nitrogen and oxygen atoms in total. The highest BCUT2D eigenvalue weighted by atomic mass is 35.5. The summed E-state index contributed by atoms with van der Waals surface area (Å²) in [6, 6.07) is 1.76. The van der Waals surface area contributed by atoms with Crippen LogP contribution in [-0.4, -0.2) is 34.1 Å². The molecule has 0 aromatic carbocycles. The van der Waals surface area contributed by atoms with Crippen LogP contribution in [0.2, 0.25) is 5.15 Å². The summed E-state index contributed by atoms with van der Waals surface area (Å²) in [4.78, 5) is 8.60. The van der Waals surface area contributed by atoms with Crippen molar-refractivity contribution >= 4 is 29.2 Å². The lowest BCUT2D eigenvalue weighted by atomic mass is 10.0.